The summed E-state index contributed by atoms with van der Waals surface area (Å²) < 4.78 is 2.84. The molecule has 0 radical (unpaired) electrons. The molecule has 0 unspecified atom stereocenters. The fourth-order valence-electron chi connectivity index (χ4n) is 7.18. The highest BCUT2D eigenvalue weighted by atomic mass is 16.2. The third-order valence-corrected chi connectivity index (χ3v) is 7.99. The van der Waals surface area contributed by atoms with Gasteiger partial charge in [0.1, 0.15) is 18.3 Å². The van der Waals surface area contributed by atoms with Crippen LogP contribution in [-0.2, 0) is 11.3 Å². The van der Waals surface area contributed by atoms with Gasteiger partial charge in [0.2, 0.25) is 5.91 Å². The van der Waals surface area contributed by atoms with E-state index < -0.39 is 11.9 Å². The molecule has 4 saturated carbocycles. The number of carbonyl (C=O) groups is 2. The molecule has 2 N–H and O–H groups in total. The second-order valence-corrected chi connectivity index (χ2v) is 11.0. The average Bonchev–Trinajstić information content (AvgIpc) is 3.18. The Labute approximate surface area is 202 Å². The van der Waals surface area contributed by atoms with E-state index in [2.05, 4.69) is 26.8 Å². The first kappa shape index (κ1) is 22.0. The number of rotatable bonds is 4. The summed E-state index contributed by atoms with van der Waals surface area (Å²) in [6.07, 6.45) is 9.65. The van der Waals surface area contributed by atoms with Crippen LogP contribution in [0.2, 0.25) is 0 Å². The van der Waals surface area contributed by atoms with Gasteiger partial charge >= 0.3 is 6.03 Å². The monoisotopic (exact) mass is 474 g/mol. The Kier molecular flexibility index (Phi) is 5.05. The lowest BCUT2D eigenvalue weighted by Gasteiger charge is -2.56. The van der Waals surface area contributed by atoms with Crippen LogP contribution in [0.3, 0.4) is 0 Å². The highest BCUT2D eigenvalue weighted by molar-refractivity contribution is 5.94. The first-order valence-corrected chi connectivity index (χ1v) is 12.4. The van der Waals surface area contributed by atoms with Gasteiger partial charge in [-0.3, -0.25) is 19.5 Å². The lowest BCUT2D eigenvalue weighted by atomic mass is 9.53. The van der Waals surface area contributed by atoms with Gasteiger partial charge in [0.15, 0.2) is 5.65 Å². The van der Waals surface area contributed by atoms with Crippen LogP contribution in [0.25, 0.3) is 16.7 Å². The molecule has 0 saturated heterocycles. The number of imide groups is 1. The maximum absolute atomic E-state index is 13.0. The van der Waals surface area contributed by atoms with Crippen molar-refractivity contribution < 1.29 is 9.59 Å². The van der Waals surface area contributed by atoms with E-state index in [1.54, 1.807) is 4.68 Å². The summed E-state index contributed by atoms with van der Waals surface area (Å²) in [6, 6.07) is 5.54. The maximum atomic E-state index is 13.0. The van der Waals surface area contributed by atoms with Gasteiger partial charge in [0.05, 0.1) is 11.9 Å². The Morgan fingerprint density at radius 3 is 2.29 bits per heavy atom. The molecule has 4 aliphatic rings. The fourth-order valence-corrected chi connectivity index (χ4v) is 7.18. The number of nitrogens with zero attached hydrogens (tertiary/aromatic N) is 4. The molecule has 0 aliphatic heterocycles. The number of hydrogen-bond donors (Lipinski definition) is 2. The molecule has 9 nitrogen and oxygen atoms in total. The van der Waals surface area contributed by atoms with Gasteiger partial charge < -0.3 is 5.32 Å². The van der Waals surface area contributed by atoms with Crippen molar-refractivity contribution >= 4 is 23.0 Å². The molecule has 2 aromatic heterocycles. The molecule has 0 atom stereocenters. The zero-order valence-corrected chi connectivity index (χ0v) is 20.1. The van der Waals surface area contributed by atoms with Crippen molar-refractivity contribution in [3.63, 3.8) is 0 Å². The predicted molar refractivity (Wildman–Crippen MR) is 130 cm³/mol. The highest BCUT2D eigenvalue weighted by Gasteiger charge is 2.51. The van der Waals surface area contributed by atoms with Crippen LogP contribution < -0.4 is 16.2 Å². The van der Waals surface area contributed by atoms with Crippen molar-refractivity contribution in [2.45, 2.75) is 64.5 Å². The van der Waals surface area contributed by atoms with E-state index in [1.807, 2.05) is 26.0 Å². The van der Waals surface area contributed by atoms with Gasteiger partial charge in [-0.15, -0.1) is 0 Å². The second kappa shape index (κ2) is 8.03. The minimum absolute atomic E-state index is 0.181. The molecule has 1 aromatic carbocycles. The first-order chi connectivity index (χ1) is 16.8. The molecule has 4 aliphatic carbocycles. The number of carbonyl (C=O) groups excluding carboxylic acids is 2. The van der Waals surface area contributed by atoms with E-state index in [1.165, 1.54) is 36.4 Å². The van der Waals surface area contributed by atoms with Crippen molar-refractivity contribution in [1.29, 1.82) is 0 Å². The number of fused-ring (bicyclic) bond motifs is 1. The minimum Gasteiger partial charge on any atom is -0.332 e. The number of nitrogens with one attached hydrogen (secondary N) is 2. The largest absolute Gasteiger partial charge is 0.332 e. The maximum Gasteiger partial charge on any atom is 0.321 e. The SMILES string of the molecule is Cc1cc(C)cc(-n2ncc3c(=O)n(CC(=O)NC(=O)NC45CC6CC(CC(C6)C4)C5)cnc32)c1. The number of benzene rings is 1. The third-order valence-electron chi connectivity index (χ3n) is 7.99. The van der Waals surface area contributed by atoms with Gasteiger partial charge in [-0.25, -0.2) is 14.5 Å². The molecule has 3 amide bonds. The van der Waals surface area contributed by atoms with Crippen LogP contribution in [0.4, 0.5) is 4.79 Å². The highest BCUT2D eigenvalue weighted by Crippen LogP contribution is 2.55. The molecule has 4 bridgehead atoms. The standard InChI is InChI=1S/C26H30N6O3/c1-15-3-16(2)5-20(4-15)32-23-21(12-28-32)24(34)31(14-27-23)13-22(33)29-25(35)30-26-9-17-6-18(10-26)8-19(7-17)11-26/h3-5,12,14,17-19H,6-11,13H2,1-2H3,(H2,29,30,33,35). The summed E-state index contributed by atoms with van der Waals surface area (Å²) in [5, 5.41) is 10.2. The van der Waals surface area contributed by atoms with Crippen LogP contribution in [0.15, 0.2) is 35.5 Å². The van der Waals surface area contributed by atoms with Crippen LogP contribution >= 0.6 is 0 Å². The summed E-state index contributed by atoms with van der Waals surface area (Å²) >= 11 is 0. The normalized spacial score (nSPS) is 26.7. The first-order valence-electron chi connectivity index (χ1n) is 12.4. The van der Waals surface area contributed by atoms with E-state index in [4.69, 9.17) is 0 Å². The van der Waals surface area contributed by atoms with Crippen LogP contribution in [0.5, 0.6) is 0 Å². The summed E-state index contributed by atoms with van der Waals surface area (Å²) in [4.78, 5) is 42.7. The van der Waals surface area contributed by atoms with Crippen LogP contribution in [0, 0.1) is 31.6 Å². The molecule has 35 heavy (non-hydrogen) atoms. The van der Waals surface area contributed by atoms with Crippen molar-refractivity contribution in [2.75, 3.05) is 0 Å². The third kappa shape index (κ3) is 4.02. The van der Waals surface area contributed by atoms with Gasteiger partial charge in [-0.1, -0.05) is 6.07 Å². The fraction of sp³-hybridized carbons (Fsp3) is 0.500. The Hall–Kier alpha value is -3.49. The van der Waals surface area contributed by atoms with Gasteiger partial charge in [-0.05, 0) is 93.4 Å². The van der Waals surface area contributed by atoms with Crippen molar-refractivity contribution in [2.24, 2.45) is 17.8 Å². The van der Waals surface area contributed by atoms with Gasteiger partial charge in [0, 0.05) is 5.54 Å². The number of aryl methyl sites for hydroxylation is 2. The summed E-state index contributed by atoms with van der Waals surface area (Å²) in [7, 11) is 0. The van der Waals surface area contributed by atoms with Crippen LogP contribution in [-0.4, -0.2) is 36.8 Å². The second-order valence-electron chi connectivity index (χ2n) is 11.0. The Morgan fingerprint density at radius 1 is 1.03 bits per heavy atom. The van der Waals surface area contributed by atoms with Crippen molar-refractivity contribution in [3.05, 3.63) is 52.2 Å². The molecule has 3 aromatic rings. The van der Waals surface area contributed by atoms with Crippen molar-refractivity contribution in [3.8, 4) is 5.69 Å². The summed E-state index contributed by atoms with van der Waals surface area (Å²) in [6.45, 7) is 3.71. The van der Waals surface area contributed by atoms with E-state index in [0.717, 1.165) is 36.1 Å². The molecule has 0 spiro atoms. The smallest absolute Gasteiger partial charge is 0.321 e. The lowest BCUT2D eigenvalue weighted by Crippen LogP contribution is -2.62. The number of aromatic nitrogens is 4. The molecule has 7 rings (SSSR count). The van der Waals surface area contributed by atoms with E-state index >= 15 is 0 Å². The average molecular weight is 475 g/mol. The van der Waals surface area contributed by atoms with Crippen molar-refractivity contribution in [1.82, 2.24) is 30.0 Å². The Balaban J connectivity index is 1.15. The number of urea groups is 1. The quantitative estimate of drug-likeness (QED) is 0.604. The van der Waals surface area contributed by atoms with Crippen LogP contribution in [0.1, 0.15) is 49.7 Å². The Bertz CT molecular complexity index is 1350. The predicted octanol–water partition coefficient (Wildman–Crippen LogP) is 2.99. The Morgan fingerprint density at radius 2 is 1.66 bits per heavy atom. The summed E-state index contributed by atoms with van der Waals surface area (Å²) in [5.74, 6) is 1.53. The minimum atomic E-state index is -0.544. The van der Waals surface area contributed by atoms with Gasteiger partial charge in [0.25, 0.3) is 5.56 Å². The molecule has 4 fully saturated rings. The summed E-state index contributed by atoms with van der Waals surface area (Å²) in [5.41, 5.74) is 2.86. The topological polar surface area (TPSA) is 111 Å². The van der Waals surface area contributed by atoms with Gasteiger partial charge in [-0.2, -0.15) is 5.10 Å². The van der Waals surface area contributed by atoms with E-state index in [0.29, 0.717) is 28.8 Å². The molecule has 2 heterocycles. The van der Waals surface area contributed by atoms with E-state index in [9.17, 15) is 14.4 Å². The molecular formula is C26H30N6O3. The van der Waals surface area contributed by atoms with E-state index in [-0.39, 0.29) is 17.6 Å². The molecule has 9 heteroatoms. The lowest BCUT2D eigenvalue weighted by molar-refractivity contribution is -0.120. The zero-order chi connectivity index (χ0) is 24.3. The molecule has 182 valence electrons. The zero-order valence-electron chi connectivity index (χ0n) is 20.1. The number of hydrogen-bond acceptors (Lipinski definition) is 5. The number of amides is 3. The molecular weight excluding hydrogens is 444 g/mol.